The number of carbonyl (C=O) groups is 1. The van der Waals surface area contributed by atoms with E-state index in [1.54, 1.807) is 36.8 Å². The van der Waals surface area contributed by atoms with Crippen molar-refractivity contribution in [2.24, 2.45) is 0 Å². The molecule has 4 N–H and O–H groups in total. The standard InChI is InChI=1S/C30H32N10O2/c1-38(2)19-21-10-12-24(13-11-21)35-30-36-29(31)40(37-30)26-9-3-7-23(34-26)14-16-33-27(41)25-8-5-17-39(28(25)42)20-22-6-4-15-32-18-22/h3-13,15,17-18H,14,16,19-20H2,1-2H3,(H,33,41)(H3,31,35,36,37). The minimum absolute atomic E-state index is 0.0749. The number of rotatable bonds is 11. The molecule has 5 rings (SSSR count). The first kappa shape index (κ1) is 28.2. The number of hydrogen-bond donors (Lipinski definition) is 3. The smallest absolute Gasteiger partial charge is 0.263 e. The van der Waals surface area contributed by atoms with Crippen molar-refractivity contribution in [2.45, 2.75) is 19.5 Å². The molecule has 12 heteroatoms. The fourth-order valence-electron chi connectivity index (χ4n) is 4.38. The van der Waals surface area contributed by atoms with E-state index in [1.807, 2.05) is 56.6 Å². The number of aromatic nitrogens is 6. The number of nitrogens with zero attached hydrogens (tertiary/aromatic N) is 7. The van der Waals surface area contributed by atoms with E-state index in [0.29, 0.717) is 24.7 Å². The highest BCUT2D eigenvalue weighted by Gasteiger charge is 2.14. The second-order valence-electron chi connectivity index (χ2n) is 9.97. The van der Waals surface area contributed by atoms with Crippen LogP contribution >= 0.6 is 0 Å². The van der Waals surface area contributed by atoms with Crippen LogP contribution in [0.4, 0.5) is 17.6 Å². The molecule has 42 heavy (non-hydrogen) atoms. The maximum atomic E-state index is 12.9. The summed E-state index contributed by atoms with van der Waals surface area (Å²) in [6.07, 6.45) is 5.45. The molecule has 0 atom stereocenters. The summed E-state index contributed by atoms with van der Waals surface area (Å²) in [5.74, 6) is 0.595. The molecule has 0 radical (unpaired) electrons. The first-order valence-electron chi connectivity index (χ1n) is 13.4. The maximum Gasteiger partial charge on any atom is 0.263 e. The van der Waals surface area contributed by atoms with E-state index in [2.05, 4.69) is 35.6 Å². The zero-order chi connectivity index (χ0) is 29.5. The molecule has 0 saturated carbocycles. The SMILES string of the molecule is CN(C)Cc1ccc(Nc2nc(N)n(-c3cccc(CCNC(=O)c4cccn(Cc5cccnc5)c4=O)n3)n2)cc1. The Kier molecular flexibility index (Phi) is 8.64. The number of pyridine rings is 3. The predicted octanol–water partition coefficient (Wildman–Crippen LogP) is 2.63. The van der Waals surface area contributed by atoms with Crippen LogP contribution in [0.2, 0.25) is 0 Å². The van der Waals surface area contributed by atoms with Crippen LogP contribution in [0.3, 0.4) is 0 Å². The molecule has 0 fully saturated rings. The second kappa shape index (κ2) is 12.9. The third-order valence-corrected chi connectivity index (χ3v) is 6.36. The molecule has 214 valence electrons. The predicted molar refractivity (Wildman–Crippen MR) is 161 cm³/mol. The quantitative estimate of drug-likeness (QED) is 0.220. The van der Waals surface area contributed by atoms with Crippen molar-refractivity contribution in [1.82, 2.24) is 39.5 Å². The Bertz CT molecular complexity index is 1710. The van der Waals surface area contributed by atoms with Crippen LogP contribution in [0.15, 0.2) is 90.1 Å². The molecule has 0 saturated heterocycles. The summed E-state index contributed by atoms with van der Waals surface area (Å²) in [5, 5.41) is 10.5. The van der Waals surface area contributed by atoms with Crippen molar-refractivity contribution < 1.29 is 4.79 Å². The number of benzene rings is 1. The molecule has 1 amide bonds. The van der Waals surface area contributed by atoms with Gasteiger partial charge in [0.05, 0.1) is 6.54 Å². The van der Waals surface area contributed by atoms with Crippen molar-refractivity contribution in [3.63, 3.8) is 0 Å². The van der Waals surface area contributed by atoms with E-state index in [1.165, 1.54) is 20.9 Å². The molecule has 1 aromatic carbocycles. The largest absolute Gasteiger partial charge is 0.368 e. The molecule has 5 aromatic rings. The number of carbonyl (C=O) groups excluding carboxylic acids is 1. The van der Waals surface area contributed by atoms with Crippen molar-refractivity contribution in [3.8, 4) is 5.82 Å². The number of nitrogens with one attached hydrogen (secondary N) is 2. The molecule has 0 spiro atoms. The zero-order valence-electron chi connectivity index (χ0n) is 23.4. The topological polar surface area (TPSA) is 149 Å². The normalized spacial score (nSPS) is 11.0. The second-order valence-corrected chi connectivity index (χ2v) is 9.97. The van der Waals surface area contributed by atoms with Gasteiger partial charge >= 0.3 is 0 Å². The number of nitrogen functional groups attached to an aromatic ring is 1. The highest BCUT2D eigenvalue weighted by atomic mass is 16.2. The lowest BCUT2D eigenvalue weighted by Crippen LogP contribution is -2.34. The Morgan fingerprint density at radius 2 is 1.81 bits per heavy atom. The summed E-state index contributed by atoms with van der Waals surface area (Å²) >= 11 is 0. The van der Waals surface area contributed by atoms with E-state index >= 15 is 0 Å². The van der Waals surface area contributed by atoms with Crippen LogP contribution in [-0.2, 0) is 19.5 Å². The Hall–Kier alpha value is -5.36. The van der Waals surface area contributed by atoms with Gasteiger partial charge in [-0.2, -0.15) is 9.67 Å². The molecule has 4 aromatic heterocycles. The minimum Gasteiger partial charge on any atom is -0.368 e. The van der Waals surface area contributed by atoms with Gasteiger partial charge in [-0.1, -0.05) is 24.3 Å². The lowest BCUT2D eigenvalue weighted by molar-refractivity contribution is 0.0952. The lowest BCUT2D eigenvalue weighted by atomic mass is 10.2. The highest BCUT2D eigenvalue weighted by molar-refractivity contribution is 5.93. The number of hydrogen-bond acceptors (Lipinski definition) is 9. The first-order chi connectivity index (χ1) is 20.4. The Labute approximate surface area is 242 Å². The van der Waals surface area contributed by atoms with Crippen molar-refractivity contribution in [2.75, 3.05) is 31.7 Å². The van der Waals surface area contributed by atoms with Gasteiger partial charge < -0.3 is 25.8 Å². The Morgan fingerprint density at radius 1 is 0.976 bits per heavy atom. The zero-order valence-corrected chi connectivity index (χ0v) is 23.4. The molecular formula is C30H32N10O2. The van der Waals surface area contributed by atoms with E-state index in [0.717, 1.165) is 23.5 Å². The van der Waals surface area contributed by atoms with Crippen molar-refractivity contribution in [1.29, 1.82) is 0 Å². The van der Waals surface area contributed by atoms with E-state index < -0.39 is 5.91 Å². The van der Waals surface area contributed by atoms with Gasteiger partial charge in [-0.05, 0) is 67.7 Å². The van der Waals surface area contributed by atoms with Gasteiger partial charge in [-0.3, -0.25) is 14.6 Å². The van der Waals surface area contributed by atoms with E-state index in [9.17, 15) is 9.59 Å². The summed E-state index contributed by atoms with van der Waals surface area (Å²) in [7, 11) is 4.05. The monoisotopic (exact) mass is 564 g/mol. The highest BCUT2D eigenvalue weighted by Crippen LogP contribution is 2.18. The van der Waals surface area contributed by atoms with Crippen LogP contribution in [0, 0.1) is 0 Å². The molecule has 12 nitrogen and oxygen atoms in total. The van der Waals surface area contributed by atoms with Crippen molar-refractivity contribution >= 4 is 23.5 Å². The third kappa shape index (κ3) is 7.04. The Balaban J connectivity index is 1.20. The first-order valence-corrected chi connectivity index (χ1v) is 13.4. The molecule has 0 unspecified atom stereocenters. The van der Waals surface area contributed by atoms with E-state index in [4.69, 9.17) is 5.73 Å². The molecule has 4 heterocycles. The molecule has 0 aliphatic heterocycles. The molecule has 0 aliphatic carbocycles. The van der Waals surface area contributed by atoms with Crippen LogP contribution in [0.25, 0.3) is 5.82 Å². The summed E-state index contributed by atoms with van der Waals surface area (Å²) < 4.78 is 2.95. The fourth-order valence-corrected chi connectivity index (χ4v) is 4.38. The van der Waals surface area contributed by atoms with Gasteiger partial charge in [0.15, 0.2) is 5.82 Å². The van der Waals surface area contributed by atoms with Gasteiger partial charge in [-0.25, -0.2) is 4.98 Å². The van der Waals surface area contributed by atoms with Crippen molar-refractivity contribution in [3.05, 3.63) is 118 Å². The summed E-state index contributed by atoms with van der Waals surface area (Å²) in [6.45, 7) is 1.47. The number of anilines is 3. The van der Waals surface area contributed by atoms with Gasteiger partial charge in [0.25, 0.3) is 11.5 Å². The van der Waals surface area contributed by atoms with Gasteiger partial charge in [0.2, 0.25) is 11.9 Å². The minimum atomic E-state index is -0.442. The van der Waals surface area contributed by atoms with Crippen LogP contribution in [-0.4, -0.2) is 60.7 Å². The van der Waals surface area contributed by atoms with Crippen LogP contribution in [0.1, 0.15) is 27.2 Å². The van der Waals surface area contributed by atoms with Crippen LogP contribution < -0.4 is 21.9 Å². The van der Waals surface area contributed by atoms with Crippen LogP contribution in [0.5, 0.6) is 0 Å². The maximum absolute atomic E-state index is 12.9. The fraction of sp³-hybridized carbons (Fsp3) is 0.200. The number of nitrogens with two attached hydrogens (primary N) is 1. The average molecular weight is 565 g/mol. The summed E-state index contributed by atoms with van der Waals surface area (Å²) in [6, 6.07) is 20.4. The van der Waals surface area contributed by atoms with E-state index in [-0.39, 0.29) is 23.6 Å². The number of amides is 1. The summed E-state index contributed by atoms with van der Waals surface area (Å²) in [4.78, 5) is 40.8. The lowest BCUT2D eigenvalue weighted by Gasteiger charge is -2.10. The third-order valence-electron chi connectivity index (χ3n) is 6.36. The van der Waals surface area contributed by atoms with Gasteiger partial charge in [0, 0.05) is 49.5 Å². The molecular weight excluding hydrogens is 532 g/mol. The molecule has 0 aliphatic rings. The molecule has 0 bridgehead atoms. The van der Waals surface area contributed by atoms with Gasteiger partial charge in [-0.15, -0.1) is 5.10 Å². The van der Waals surface area contributed by atoms with Gasteiger partial charge in [0.1, 0.15) is 5.56 Å². The Morgan fingerprint density at radius 3 is 2.57 bits per heavy atom. The average Bonchev–Trinajstić information content (AvgIpc) is 3.35. The summed E-state index contributed by atoms with van der Waals surface area (Å²) in [5.41, 5.74) is 9.48.